The molecule has 2 unspecified atom stereocenters. The van der Waals surface area contributed by atoms with Crippen LogP contribution in [-0.2, 0) is 20.8 Å². The topological polar surface area (TPSA) is 117 Å². The lowest BCUT2D eigenvalue weighted by Gasteiger charge is -2.40. The summed E-state index contributed by atoms with van der Waals surface area (Å²) in [6.45, 7) is 3.48. The van der Waals surface area contributed by atoms with E-state index in [1.165, 1.54) is 5.01 Å². The van der Waals surface area contributed by atoms with Gasteiger partial charge in [-0.1, -0.05) is 54.1 Å². The number of nitrogens with two attached hydrogens (primary N) is 1. The molecule has 2 heterocycles. The van der Waals surface area contributed by atoms with Gasteiger partial charge < -0.3 is 20.7 Å². The summed E-state index contributed by atoms with van der Waals surface area (Å²) >= 11 is 6.22. The number of piperidine rings is 1. The number of hydrazone groups is 1. The van der Waals surface area contributed by atoms with Crippen molar-refractivity contribution in [2.45, 2.75) is 38.3 Å². The highest BCUT2D eigenvalue weighted by molar-refractivity contribution is 6.32. The largest absolute Gasteiger partial charge is 0.489 e. The summed E-state index contributed by atoms with van der Waals surface area (Å²) in [6.07, 6.45) is 0.867. The lowest BCUT2D eigenvalue weighted by molar-refractivity contribution is -0.143. The van der Waals surface area contributed by atoms with E-state index in [9.17, 15) is 14.4 Å². The maximum absolute atomic E-state index is 13.8. The number of halogens is 1. The summed E-state index contributed by atoms with van der Waals surface area (Å²) in [4.78, 5) is 41.6. The van der Waals surface area contributed by atoms with E-state index in [4.69, 9.17) is 22.1 Å². The number of nitrogens with zero attached hydrogens (tertiary/aromatic N) is 3. The molecule has 0 aromatic heterocycles. The molecule has 196 valence electrons. The maximum Gasteiger partial charge on any atom is 0.256 e. The highest BCUT2D eigenvalue weighted by Crippen LogP contribution is 2.38. The van der Waals surface area contributed by atoms with Crippen LogP contribution in [-0.4, -0.2) is 71.7 Å². The van der Waals surface area contributed by atoms with Crippen molar-refractivity contribution < 1.29 is 19.1 Å². The fourth-order valence-electron chi connectivity index (χ4n) is 4.69. The molecular formula is C27H32ClN5O4. The molecule has 0 aliphatic carbocycles. The SMILES string of the molecule is CN1N=C2CCN(C(=O)C(COc3ccccc3Cl)NC(=O)C(C)(C)N)CC2(Cc2ccccc2)C1=O. The van der Waals surface area contributed by atoms with Crippen LogP contribution >= 0.6 is 11.6 Å². The average Bonchev–Trinajstić information content (AvgIpc) is 3.11. The number of amides is 3. The second kappa shape index (κ2) is 10.5. The first-order chi connectivity index (χ1) is 17.5. The predicted octanol–water partition coefficient (Wildman–Crippen LogP) is 2.23. The van der Waals surface area contributed by atoms with Crippen LogP contribution in [0.4, 0.5) is 0 Å². The van der Waals surface area contributed by atoms with Gasteiger partial charge in [-0.25, -0.2) is 5.01 Å². The van der Waals surface area contributed by atoms with Gasteiger partial charge in [-0.3, -0.25) is 14.4 Å². The molecule has 10 heteroatoms. The van der Waals surface area contributed by atoms with E-state index in [2.05, 4.69) is 10.4 Å². The number of fused-ring (bicyclic) bond motifs is 1. The number of ether oxygens (including phenoxy) is 1. The van der Waals surface area contributed by atoms with Crippen LogP contribution in [0.5, 0.6) is 5.75 Å². The van der Waals surface area contributed by atoms with Crippen LogP contribution in [0.1, 0.15) is 25.8 Å². The minimum Gasteiger partial charge on any atom is -0.489 e. The van der Waals surface area contributed by atoms with Crippen LogP contribution < -0.4 is 15.8 Å². The van der Waals surface area contributed by atoms with Crippen molar-refractivity contribution in [1.29, 1.82) is 0 Å². The molecule has 2 aromatic carbocycles. The zero-order chi connectivity index (χ0) is 26.8. The quantitative estimate of drug-likeness (QED) is 0.548. The standard InChI is InChI=1S/C27H32ClN5O4/c1-26(2,29)24(35)30-20(16-37-21-12-8-7-11-19(21)28)23(34)33-14-13-22-27(17-33,25(36)32(3)31-22)15-18-9-5-4-6-10-18/h4-12,20H,13-17,29H2,1-3H3,(H,30,35). The smallest absolute Gasteiger partial charge is 0.256 e. The number of carbonyl (C=O) groups is 3. The van der Waals surface area contributed by atoms with Gasteiger partial charge in [0.1, 0.15) is 23.8 Å². The van der Waals surface area contributed by atoms with Gasteiger partial charge in [-0.05, 0) is 38.0 Å². The number of para-hydroxylation sites is 1. The molecule has 0 radical (unpaired) electrons. The van der Waals surface area contributed by atoms with Crippen LogP contribution in [0.3, 0.4) is 0 Å². The van der Waals surface area contributed by atoms with Crippen molar-refractivity contribution in [3.63, 3.8) is 0 Å². The lowest BCUT2D eigenvalue weighted by atomic mass is 9.73. The number of carbonyl (C=O) groups excluding carboxylic acids is 3. The fourth-order valence-corrected chi connectivity index (χ4v) is 4.88. The Labute approximate surface area is 221 Å². The summed E-state index contributed by atoms with van der Waals surface area (Å²) in [5, 5.41) is 8.99. The van der Waals surface area contributed by atoms with Crippen LogP contribution in [0.2, 0.25) is 5.02 Å². The molecule has 9 nitrogen and oxygen atoms in total. The van der Waals surface area contributed by atoms with E-state index in [1.807, 2.05) is 30.3 Å². The van der Waals surface area contributed by atoms with E-state index in [-0.39, 0.29) is 25.0 Å². The van der Waals surface area contributed by atoms with Gasteiger partial charge in [0.25, 0.3) is 5.91 Å². The summed E-state index contributed by atoms with van der Waals surface area (Å²) in [6, 6.07) is 15.5. The summed E-state index contributed by atoms with van der Waals surface area (Å²) in [7, 11) is 1.64. The maximum atomic E-state index is 13.8. The summed E-state index contributed by atoms with van der Waals surface area (Å²) in [5.41, 5.74) is 5.56. The minimum atomic E-state index is -1.21. The Hall–Kier alpha value is -3.43. The Bertz CT molecular complexity index is 1210. The first-order valence-corrected chi connectivity index (χ1v) is 12.5. The Morgan fingerprint density at radius 3 is 2.54 bits per heavy atom. The van der Waals surface area contributed by atoms with Gasteiger partial charge >= 0.3 is 0 Å². The monoisotopic (exact) mass is 525 g/mol. The molecule has 2 atom stereocenters. The molecular weight excluding hydrogens is 494 g/mol. The van der Waals surface area contributed by atoms with E-state index < -0.39 is 22.9 Å². The van der Waals surface area contributed by atoms with Crippen molar-refractivity contribution in [2.75, 3.05) is 26.7 Å². The second-order valence-corrected chi connectivity index (χ2v) is 10.5. The number of rotatable bonds is 8. The zero-order valence-electron chi connectivity index (χ0n) is 21.2. The first kappa shape index (κ1) is 26.6. The average molecular weight is 526 g/mol. The van der Waals surface area contributed by atoms with Crippen molar-refractivity contribution in [2.24, 2.45) is 16.3 Å². The number of nitrogens with one attached hydrogen (secondary N) is 1. The molecule has 37 heavy (non-hydrogen) atoms. The van der Waals surface area contributed by atoms with Crippen molar-refractivity contribution in [1.82, 2.24) is 15.2 Å². The van der Waals surface area contributed by atoms with Crippen LogP contribution in [0.15, 0.2) is 59.7 Å². The van der Waals surface area contributed by atoms with Crippen molar-refractivity contribution >= 4 is 35.0 Å². The van der Waals surface area contributed by atoms with E-state index in [0.29, 0.717) is 30.2 Å². The minimum absolute atomic E-state index is 0.146. The Kier molecular flexibility index (Phi) is 7.57. The van der Waals surface area contributed by atoms with Gasteiger partial charge in [0.2, 0.25) is 11.8 Å². The zero-order valence-corrected chi connectivity index (χ0v) is 22.0. The third kappa shape index (κ3) is 5.62. The van der Waals surface area contributed by atoms with Crippen LogP contribution in [0.25, 0.3) is 0 Å². The Morgan fingerprint density at radius 1 is 1.19 bits per heavy atom. The summed E-state index contributed by atoms with van der Waals surface area (Å²) in [5.74, 6) is -0.619. The molecule has 2 aromatic rings. The Balaban J connectivity index is 1.59. The second-order valence-electron chi connectivity index (χ2n) is 10.1. The molecule has 4 rings (SSSR count). The van der Waals surface area contributed by atoms with Gasteiger partial charge in [-0.15, -0.1) is 0 Å². The molecule has 3 N–H and O–H groups in total. The fraction of sp³-hybridized carbons (Fsp3) is 0.407. The van der Waals surface area contributed by atoms with Crippen molar-refractivity contribution in [3.8, 4) is 5.75 Å². The van der Waals surface area contributed by atoms with E-state index in [0.717, 1.165) is 11.3 Å². The molecule has 2 aliphatic rings. The number of benzene rings is 2. The first-order valence-electron chi connectivity index (χ1n) is 12.2. The molecule has 2 aliphatic heterocycles. The molecule has 3 amide bonds. The van der Waals surface area contributed by atoms with Gasteiger partial charge in [0.15, 0.2) is 0 Å². The van der Waals surface area contributed by atoms with E-state index in [1.54, 1.807) is 50.1 Å². The van der Waals surface area contributed by atoms with Gasteiger partial charge in [-0.2, -0.15) is 5.10 Å². The van der Waals surface area contributed by atoms with Crippen molar-refractivity contribution in [3.05, 3.63) is 65.2 Å². The normalized spacial score (nSPS) is 20.2. The lowest BCUT2D eigenvalue weighted by Crippen LogP contribution is -2.62. The molecule has 0 bridgehead atoms. The number of likely N-dealkylation sites (tertiary alicyclic amines) is 1. The number of hydrogen-bond donors (Lipinski definition) is 2. The van der Waals surface area contributed by atoms with E-state index >= 15 is 0 Å². The summed E-state index contributed by atoms with van der Waals surface area (Å²) < 4.78 is 5.84. The van der Waals surface area contributed by atoms with Gasteiger partial charge in [0, 0.05) is 26.6 Å². The third-order valence-electron chi connectivity index (χ3n) is 6.70. The molecule has 1 saturated heterocycles. The third-order valence-corrected chi connectivity index (χ3v) is 7.01. The molecule has 0 saturated carbocycles. The number of hydrogen-bond acceptors (Lipinski definition) is 6. The van der Waals surface area contributed by atoms with Gasteiger partial charge in [0.05, 0.1) is 16.3 Å². The Morgan fingerprint density at radius 2 is 1.86 bits per heavy atom. The predicted molar refractivity (Wildman–Crippen MR) is 141 cm³/mol. The molecule has 0 spiro atoms. The highest BCUT2D eigenvalue weighted by Gasteiger charge is 2.54. The molecule has 1 fully saturated rings. The highest BCUT2D eigenvalue weighted by atomic mass is 35.5. The van der Waals surface area contributed by atoms with Crippen LogP contribution in [0, 0.1) is 5.41 Å².